The van der Waals surface area contributed by atoms with E-state index < -0.39 is 0 Å². The number of benzene rings is 3. The number of ether oxygens (including phenoxy) is 1. The van der Waals surface area contributed by atoms with Gasteiger partial charge in [0.2, 0.25) is 0 Å². The number of phenols is 2. The molecule has 4 rings (SSSR count). The van der Waals surface area contributed by atoms with E-state index in [1.807, 2.05) is 37.3 Å². The summed E-state index contributed by atoms with van der Waals surface area (Å²) >= 11 is 0. The van der Waals surface area contributed by atoms with Crippen LogP contribution in [0.25, 0.3) is 16.7 Å². The van der Waals surface area contributed by atoms with Crippen molar-refractivity contribution in [2.24, 2.45) is 0 Å². The molecule has 2 N–H and O–H groups in total. The van der Waals surface area contributed by atoms with Crippen LogP contribution in [0.4, 0.5) is 0 Å². The molecular weight excluding hydrogens is 348 g/mol. The highest BCUT2D eigenvalue weighted by Crippen LogP contribution is 2.47. The smallest absolute Gasteiger partial charge is 0.150 e. The van der Waals surface area contributed by atoms with Crippen molar-refractivity contribution in [1.29, 1.82) is 0 Å². The van der Waals surface area contributed by atoms with Gasteiger partial charge < -0.3 is 14.9 Å². The lowest BCUT2D eigenvalue weighted by molar-refractivity contribution is 0.259. The van der Waals surface area contributed by atoms with Crippen molar-refractivity contribution in [2.75, 3.05) is 0 Å². The predicted molar refractivity (Wildman–Crippen MR) is 113 cm³/mol. The lowest BCUT2D eigenvalue weighted by Crippen LogP contribution is -2.16. The fourth-order valence-electron chi connectivity index (χ4n) is 3.63. The minimum Gasteiger partial charge on any atom is -0.508 e. The van der Waals surface area contributed by atoms with Crippen LogP contribution in [0, 0.1) is 0 Å². The molecule has 1 aliphatic heterocycles. The Balaban J connectivity index is 1.89. The van der Waals surface area contributed by atoms with E-state index in [1.165, 1.54) is 0 Å². The van der Waals surface area contributed by atoms with E-state index in [9.17, 15) is 10.2 Å². The first-order valence-corrected chi connectivity index (χ1v) is 9.20. The summed E-state index contributed by atoms with van der Waals surface area (Å²) < 4.78 is 6.36. The molecule has 1 atom stereocenters. The van der Waals surface area contributed by atoms with Gasteiger partial charge in [-0.15, -0.1) is 0 Å². The maximum Gasteiger partial charge on any atom is 0.150 e. The molecule has 3 nitrogen and oxygen atoms in total. The summed E-state index contributed by atoms with van der Waals surface area (Å²) in [6.07, 6.45) is -0.321. The van der Waals surface area contributed by atoms with Crippen LogP contribution in [0.3, 0.4) is 0 Å². The Morgan fingerprint density at radius 3 is 2.18 bits per heavy atom. The summed E-state index contributed by atoms with van der Waals surface area (Å²) in [5.74, 6) is 1.07. The van der Waals surface area contributed by atoms with Crippen LogP contribution in [0.15, 0.2) is 73.3 Å². The van der Waals surface area contributed by atoms with Crippen molar-refractivity contribution in [3.63, 3.8) is 0 Å². The number of hydrogen-bond acceptors (Lipinski definition) is 3. The SMILES string of the molecule is C=C(C)c1ccc(C2Oc3cc(O)ccc3C(C)=C2c2ccc(O)cc2)cc1. The van der Waals surface area contributed by atoms with Crippen LogP contribution >= 0.6 is 0 Å². The first-order chi connectivity index (χ1) is 13.4. The number of hydrogen-bond donors (Lipinski definition) is 2. The molecule has 0 spiro atoms. The summed E-state index contributed by atoms with van der Waals surface area (Å²) in [5.41, 5.74) is 7.18. The number of allylic oxidation sites excluding steroid dienone is 2. The van der Waals surface area contributed by atoms with Crippen molar-refractivity contribution in [2.45, 2.75) is 20.0 Å². The van der Waals surface area contributed by atoms with Gasteiger partial charge in [-0.05, 0) is 60.4 Å². The predicted octanol–water partition coefficient (Wildman–Crippen LogP) is 6.20. The van der Waals surface area contributed by atoms with Crippen molar-refractivity contribution in [3.05, 3.63) is 95.6 Å². The highest BCUT2D eigenvalue weighted by Gasteiger charge is 2.29. The molecular formula is C25H22O3. The molecule has 1 unspecified atom stereocenters. The maximum atomic E-state index is 9.91. The van der Waals surface area contributed by atoms with Crippen molar-refractivity contribution >= 4 is 16.7 Å². The molecule has 0 saturated heterocycles. The Bertz CT molecular complexity index is 1070. The average molecular weight is 370 g/mol. The summed E-state index contributed by atoms with van der Waals surface area (Å²) in [5, 5.41) is 19.6. The number of phenolic OH excluding ortho intramolecular Hbond substituents is 2. The Morgan fingerprint density at radius 2 is 1.54 bits per heavy atom. The van der Waals surface area contributed by atoms with Crippen LogP contribution in [0.2, 0.25) is 0 Å². The Hall–Kier alpha value is -3.46. The zero-order valence-corrected chi connectivity index (χ0v) is 15.9. The second-order valence-corrected chi connectivity index (χ2v) is 7.17. The summed E-state index contributed by atoms with van der Waals surface area (Å²) in [4.78, 5) is 0. The van der Waals surface area contributed by atoms with Crippen LogP contribution in [-0.2, 0) is 0 Å². The van der Waals surface area contributed by atoms with Gasteiger partial charge in [-0.2, -0.15) is 0 Å². The van der Waals surface area contributed by atoms with Gasteiger partial charge >= 0.3 is 0 Å². The standard InChI is InChI=1S/C25H22O3/c1-15(2)17-4-6-19(7-5-17)25-24(18-8-10-20(26)11-9-18)16(3)22-13-12-21(27)14-23(22)28-25/h4-14,25-27H,1H2,2-3H3. The van der Waals surface area contributed by atoms with Crippen LogP contribution in [0.5, 0.6) is 17.2 Å². The van der Waals surface area contributed by atoms with Gasteiger partial charge in [0.15, 0.2) is 0 Å². The van der Waals surface area contributed by atoms with E-state index in [0.717, 1.165) is 39.0 Å². The molecule has 0 saturated carbocycles. The molecule has 0 amide bonds. The first-order valence-electron chi connectivity index (χ1n) is 9.20. The molecule has 3 aromatic rings. The van der Waals surface area contributed by atoms with E-state index in [4.69, 9.17) is 4.74 Å². The van der Waals surface area contributed by atoms with Crippen LogP contribution in [-0.4, -0.2) is 10.2 Å². The molecule has 3 aromatic carbocycles. The molecule has 3 heteroatoms. The second-order valence-electron chi connectivity index (χ2n) is 7.17. The van der Waals surface area contributed by atoms with Crippen molar-refractivity contribution in [3.8, 4) is 17.2 Å². The highest BCUT2D eigenvalue weighted by molar-refractivity contribution is 5.95. The van der Waals surface area contributed by atoms with E-state index in [0.29, 0.717) is 5.75 Å². The molecule has 0 fully saturated rings. The largest absolute Gasteiger partial charge is 0.508 e. The third-order valence-electron chi connectivity index (χ3n) is 5.16. The van der Waals surface area contributed by atoms with Crippen LogP contribution < -0.4 is 4.74 Å². The minimum atomic E-state index is -0.321. The third kappa shape index (κ3) is 3.16. The quantitative estimate of drug-likeness (QED) is 0.577. The van der Waals surface area contributed by atoms with Gasteiger partial charge in [-0.3, -0.25) is 0 Å². The Labute approximate surface area is 164 Å². The van der Waals surface area contributed by atoms with Crippen molar-refractivity contribution in [1.82, 2.24) is 0 Å². The molecule has 0 aromatic heterocycles. The van der Waals surface area contributed by atoms with Gasteiger partial charge in [0.25, 0.3) is 0 Å². The third-order valence-corrected chi connectivity index (χ3v) is 5.16. The summed E-state index contributed by atoms with van der Waals surface area (Å²) in [7, 11) is 0. The lowest BCUT2D eigenvalue weighted by Gasteiger charge is -2.31. The van der Waals surface area contributed by atoms with Gasteiger partial charge in [0.05, 0.1) is 0 Å². The van der Waals surface area contributed by atoms with Gasteiger partial charge in [0, 0.05) is 17.2 Å². The average Bonchev–Trinajstić information content (AvgIpc) is 2.68. The fourth-order valence-corrected chi connectivity index (χ4v) is 3.63. The number of rotatable bonds is 3. The molecule has 1 aliphatic rings. The number of fused-ring (bicyclic) bond motifs is 1. The summed E-state index contributed by atoms with van der Waals surface area (Å²) in [6.45, 7) is 8.05. The van der Waals surface area contributed by atoms with E-state index in [2.05, 4.69) is 25.6 Å². The molecule has 0 bridgehead atoms. The van der Waals surface area contributed by atoms with E-state index in [-0.39, 0.29) is 17.6 Å². The first kappa shape index (κ1) is 17.9. The monoisotopic (exact) mass is 370 g/mol. The minimum absolute atomic E-state index is 0.177. The molecule has 0 radical (unpaired) electrons. The zero-order valence-electron chi connectivity index (χ0n) is 15.9. The van der Waals surface area contributed by atoms with E-state index >= 15 is 0 Å². The number of aromatic hydroxyl groups is 2. The highest BCUT2D eigenvalue weighted by atomic mass is 16.5. The maximum absolute atomic E-state index is 9.91. The molecule has 0 aliphatic carbocycles. The van der Waals surface area contributed by atoms with Crippen molar-refractivity contribution < 1.29 is 14.9 Å². The molecule has 28 heavy (non-hydrogen) atoms. The summed E-state index contributed by atoms with van der Waals surface area (Å²) in [6, 6.07) is 20.6. The van der Waals surface area contributed by atoms with E-state index in [1.54, 1.807) is 24.3 Å². The van der Waals surface area contributed by atoms with Gasteiger partial charge in [0.1, 0.15) is 23.4 Å². The fraction of sp³-hybridized carbons (Fsp3) is 0.120. The lowest BCUT2D eigenvalue weighted by atomic mass is 9.86. The Kier molecular flexibility index (Phi) is 4.44. The topological polar surface area (TPSA) is 49.7 Å². The molecule has 1 heterocycles. The zero-order chi connectivity index (χ0) is 19.8. The second kappa shape index (κ2) is 6.93. The van der Waals surface area contributed by atoms with Gasteiger partial charge in [-0.1, -0.05) is 48.6 Å². The Morgan fingerprint density at radius 1 is 0.893 bits per heavy atom. The van der Waals surface area contributed by atoms with Gasteiger partial charge in [-0.25, -0.2) is 0 Å². The molecule has 140 valence electrons. The normalized spacial score (nSPS) is 15.7. The van der Waals surface area contributed by atoms with Crippen LogP contribution in [0.1, 0.15) is 42.2 Å².